The second-order valence-corrected chi connectivity index (χ2v) is 3.80. The van der Waals surface area contributed by atoms with Gasteiger partial charge in [-0.25, -0.2) is 4.98 Å². The van der Waals surface area contributed by atoms with Crippen LogP contribution in [-0.4, -0.2) is 36.7 Å². The summed E-state index contributed by atoms with van der Waals surface area (Å²) in [6, 6.07) is -0.257. The fourth-order valence-electron chi connectivity index (χ4n) is 1.21. The highest BCUT2D eigenvalue weighted by molar-refractivity contribution is 7.13. The van der Waals surface area contributed by atoms with E-state index < -0.39 is 0 Å². The molecular formula is C8H11N3O2S. The van der Waals surface area contributed by atoms with Crippen molar-refractivity contribution in [3.05, 3.63) is 11.6 Å². The molecule has 0 unspecified atom stereocenters. The molecule has 0 aromatic carbocycles. The quantitative estimate of drug-likeness (QED) is 0.729. The zero-order chi connectivity index (χ0) is 9.80. The number of carbonyl (C=O) groups excluding carboxylic acids is 1. The van der Waals surface area contributed by atoms with Crippen LogP contribution in [0.25, 0.3) is 0 Å². The standard InChI is InChI=1S/C8H11N3O2S/c12-7(6-5-13-3-1-9-6)11-8-10-2-4-14-8/h2,4,6,9H,1,3,5H2,(H,10,11,12)/t6-/m0/s1. The lowest BCUT2D eigenvalue weighted by atomic mass is 10.2. The Morgan fingerprint density at radius 2 is 2.71 bits per heavy atom. The van der Waals surface area contributed by atoms with Crippen molar-refractivity contribution in [3.63, 3.8) is 0 Å². The third kappa shape index (κ3) is 2.28. The molecule has 1 amide bonds. The van der Waals surface area contributed by atoms with Crippen LogP contribution in [0, 0.1) is 0 Å². The van der Waals surface area contributed by atoms with Gasteiger partial charge in [0.05, 0.1) is 13.2 Å². The average Bonchev–Trinajstić information content (AvgIpc) is 2.72. The van der Waals surface area contributed by atoms with Crippen molar-refractivity contribution in [2.75, 3.05) is 25.1 Å². The minimum absolute atomic E-state index is 0.0837. The summed E-state index contributed by atoms with van der Waals surface area (Å²) >= 11 is 1.40. The van der Waals surface area contributed by atoms with Crippen molar-refractivity contribution < 1.29 is 9.53 Å². The van der Waals surface area contributed by atoms with Crippen molar-refractivity contribution >= 4 is 22.4 Å². The molecular weight excluding hydrogens is 202 g/mol. The fourth-order valence-corrected chi connectivity index (χ4v) is 1.74. The summed E-state index contributed by atoms with van der Waals surface area (Å²) in [5.74, 6) is -0.0837. The molecule has 2 heterocycles. The van der Waals surface area contributed by atoms with Gasteiger partial charge in [0.15, 0.2) is 5.13 Å². The van der Waals surface area contributed by atoms with Crippen LogP contribution < -0.4 is 10.6 Å². The molecule has 14 heavy (non-hydrogen) atoms. The summed E-state index contributed by atoms with van der Waals surface area (Å²) in [5.41, 5.74) is 0. The molecule has 2 rings (SSSR count). The lowest BCUT2D eigenvalue weighted by molar-refractivity contribution is -0.120. The smallest absolute Gasteiger partial charge is 0.245 e. The molecule has 2 N–H and O–H groups in total. The molecule has 0 radical (unpaired) electrons. The maximum atomic E-state index is 11.6. The molecule has 1 aromatic heterocycles. The Morgan fingerprint density at radius 1 is 1.79 bits per heavy atom. The molecule has 0 bridgehead atoms. The van der Waals surface area contributed by atoms with Crippen LogP contribution in [0.3, 0.4) is 0 Å². The second kappa shape index (κ2) is 4.50. The average molecular weight is 213 g/mol. The van der Waals surface area contributed by atoms with Crippen molar-refractivity contribution in [1.82, 2.24) is 10.3 Å². The van der Waals surface area contributed by atoms with E-state index in [4.69, 9.17) is 4.74 Å². The van der Waals surface area contributed by atoms with Crippen LogP contribution in [0.2, 0.25) is 0 Å². The molecule has 0 aliphatic carbocycles. The van der Waals surface area contributed by atoms with E-state index in [1.165, 1.54) is 11.3 Å². The highest BCUT2D eigenvalue weighted by atomic mass is 32.1. The van der Waals surface area contributed by atoms with Crippen molar-refractivity contribution in [2.24, 2.45) is 0 Å². The highest BCUT2D eigenvalue weighted by Gasteiger charge is 2.21. The number of morpholine rings is 1. The van der Waals surface area contributed by atoms with Gasteiger partial charge in [-0.15, -0.1) is 11.3 Å². The van der Waals surface area contributed by atoms with E-state index in [0.717, 1.165) is 6.54 Å². The van der Waals surface area contributed by atoms with Gasteiger partial charge < -0.3 is 15.4 Å². The predicted octanol–water partition coefficient (Wildman–Crippen LogP) is 0.0700. The molecule has 6 heteroatoms. The Hall–Kier alpha value is -0.980. The van der Waals surface area contributed by atoms with E-state index in [-0.39, 0.29) is 11.9 Å². The van der Waals surface area contributed by atoms with Gasteiger partial charge in [-0.1, -0.05) is 0 Å². The number of thiazole rings is 1. The van der Waals surface area contributed by atoms with Crippen LogP contribution in [0.4, 0.5) is 5.13 Å². The number of carbonyl (C=O) groups is 1. The summed E-state index contributed by atoms with van der Waals surface area (Å²) in [4.78, 5) is 15.5. The molecule has 1 saturated heterocycles. The number of ether oxygens (including phenoxy) is 1. The summed E-state index contributed by atoms with van der Waals surface area (Å²) in [7, 11) is 0. The Bertz CT molecular complexity index is 296. The van der Waals surface area contributed by atoms with Crippen molar-refractivity contribution in [2.45, 2.75) is 6.04 Å². The second-order valence-electron chi connectivity index (χ2n) is 2.91. The first-order chi connectivity index (χ1) is 6.86. The van der Waals surface area contributed by atoms with Gasteiger partial charge in [0.25, 0.3) is 0 Å². The maximum absolute atomic E-state index is 11.6. The third-order valence-electron chi connectivity index (χ3n) is 1.90. The Kier molecular flexibility index (Phi) is 3.07. The van der Waals surface area contributed by atoms with Gasteiger partial charge >= 0.3 is 0 Å². The molecule has 1 aliphatic heterocycles. The van der Waals surface area contributed by atoms with Gasteiger partial charge in [0, 0.05) is 18.1 Å². The molecule has 0 saturated carbocycles. The van der Waals surface area contributed by atoms with Crippen LogP contribution in [0.5, 0.6) is 0 Å². The predicted molar refractivity (Wildman–Crippen MR) is 53.4 cm³/mol. The number of rotatable bonds is 2. The van der Waals surface area contributed by atoms with Crippen LogP contribution in [0.1, 0.15) is 0 Å². The summed E-state index contributed by atoms with van der Waals surface area (Å²) in [6.07, 6.45) is 1.66. The van der Waals surface area contributed by atoms with E-state index in [1.807, 2.05) is 5.38 Å². The van der Waals surface area contributed by atoms with Gasteiger partial charge in [-0.3, -0.25) is 4.79 Å². The number of nitrogens with one attached hydrogen (secondary N) is 2. The van der Waals surface area contributed by atoms with E-state index in [0.29, 0.717) is 18.3 Å². The van der Waals surface area contributed by atoms with Gasteiger partial charge in [0.1, 0.15) is 6.04 Å². The Balaban J connectivity index is 1.88. The molecule has 0 spiro atoms. The van der Waals surface area contributed by atoms with E-state index in [2.05, 4.69) is 15.6 Å². The van der Waals surface area contributed by atoms with Crippen molar-refractivity contribution in [1.29, 1.82) is 0 Å². The third-order valence-corrected chi connectivity index (χ3v) is 2.59. The normalized spacial score (nSPS) is 21.9. The van der Waals surface area contributed by atoms with E-state index in [1.54, 1.807) is 6.20 Å². The van der Waals surface area contributed by atoms with Gasteiger partial charge in [-0.2, -0.15) is 0 Å². The molecule has 1 aliphatic rings. The number of nitrogens with zero attached hydrogens (tertiary/aromatic N) is 1. The zero-order valence-corrected chi connectivity index (χ0v) is 8.34. The Labute approximate surface area is 85.5 Å². The number of aromatic nitrogens is 1. The van der Waals surface area contributed by atoms with Crippen LogP contribution >= 0.6 is 11.3 Å². The monoisotopic (exact) mass is 213 g/mol. The fraction of sp³-hybridized carbons (Fsp3) is 0.500. The lowest BCUT2D eigenvalue weighted by Gasteiger charge is -2.22. The first kappa shape index (κ1) is 9.57. The van der Waals surface area contributed by atoms with E-state index in [9.17, 15) is 4.79 Å². The highest BCUT2D eigenvalue weighted by Crippen LogP contribution is 2.10. The number of amides is 1. The minimum Gasteiger partial charge on any atom is -0.378 e. The van der Waals surface area contributed by atoms with Gasteiger partial charge in [0.2, 0.25) is 5.91 Å². The first-order valence-electron chi connectivity index (χ1n) is 4.38. The summed E-state index contributed by atoms with van der Waals surface area (Å²) in [5, 5.41) is 8.24. The molecule has 5 nitrogen and oxygen atoms in total. The molecule has 1 atom stereocenters. The topological polar surface area (TPSA) is 63.2 Å². The SMILES string of the molecule is O=C(Nc1nccs1)[C@@H]1COCCN1. The summed E-state index contributed by atoms with van der Waals surface area (Å²) < 4.78 is 5.18. The number of hydrogen-bond acceptors (Lipinski definition) is 5. The minimum atomic E-state index is -0.257. The van der Waals surface area contributed by atoms with Gasteiger partial charge in [-0.05, 0) is 0 Å². The largest absolute Gasteiger partial charge is 0.378 e. The number of anilines is 1. The lowest BCUT2D eigenvalue weighted by Crippen LogP contribution is -2.48. The molecule has 1 fully saturated rings. The van der Waals surface area contributed by atoms with Crippen LogP contribution in [-0.2, 0) is 9.53 Å². The zero-order valence-electron chi connectivity index (χ0n) is 7.53. The first-order valence-corrected chi connectivity index (χ1v) is 5.26. The molecule has 1 aromatic rings. The molecule has 76 valence electrons. The van der Waals surface area contributed by atoms with E-state index >= 15 is 0 Å². The van der Waals surface area contributed by atoms with Crippen molar-refractivity contribution in [3.8, 4) is 0 Å². The van der Waals surface area contributed by atoms with Crippen LogP contribution in [0.15, 0.2) is 11.6 Å². The Morgan fingerprint density at radius 3 is 3.36 bits per heavy atom. The maximum Gasteiger partial charge on any atom is 0.245 e. The number of hydrogen-bond donors (Lipinski definition) is 2. The summed E-state index contributed by atoms with van der Waals surface area (Å²) in [6.45, 7) is 1.81.